The van der Waals surface area contributed by atoms with Crippen molar-refractivity contribution < 1.29 is 19.1 Å². The summed E-state index contributed by atoms with van der Waals surface area (Å²) in [4.78, 5) is 25.7. The Kier molecular flexibility index (Phi) is 4.81. The van der Waals surface area contributed by atoms with Crippen molar-refractivity contribution in [1.82, 2.24) is 0 Å². The third-order valence-electron chi connectivity index (χ3n) is 3.78. The molecule has 1 heterocycles. The molecule has 2 aromatic rings. The molecule has 0 bridgehead atoms. The number of nitrogens with zero attached hydrogens (tertiary/aromatic N) is 1. The number of urea groups is 1. The number of carbonyl (C=O) groups is 2. The Morgan fingerprint density at radius 1 is 1.24 bits per heavy atom. The molecular weight excluding hydrogens is 344 g/mol. The highest BCUT2D eigenvalue weighted by Crippen LogP contribution is 2.36. The highest BCUT2D eigenvalue weighted by molar-refractivity contribution is 6.31. The van der Waals surface area contributed by atoms with Crippen LogP contribution in [0, 0.1) is 0 Å². The van der Waals surface area contributed by atoms with Crippen molar-refractivity contribution in [3.63, 3.8) is 0 Å². The molecule has 0 aliphatic carbocycles. The van der Waals surface area contributed by atoms with Crippen LogP contribution in [0.2, 0.25) is 5.02 Å². The number of rotatable bonds is 2. The molecule has 0 saturated carbocycles. The lowest BCUT2D eigenvalue weighted by Gasteiger charge is -2.33. The van der Waals surface area contributed by atoms with Crippen molar-refractivity contribution in [3.8, 4) is 5.75 Å². The molecule has 2 aromatic carbocycles. The monoisotopic (exact) mass is 360 g/mol. The highest BCUT2D eigenvalue weighted by Gasteiger charge is 2.28. The predicted octanol–water partition coefficient (Wildman–Crippen LogP) is 3.95. The molecule has 0 spiro atoms. The van der Waals surface area contributed by atoms with E-state index in [0.717, 1.165) is 0 Å². The fraction of sp³-hybridized carbons (Fsp3) is 0.222. The lowest BCUT2D eigenvalue weighted by Crippen LogP contribution is -2.44. The first-order valence-corrected chi connectivity index (χ1v) is 8.09. The number of fused-ring (bicyclic) bond motifs is 1. The number of anilines is 2. The zero-order valence-electron chi connectivity index (χ0n) is 13.8. The number of halogens is 1. The maximum absolute atomic E-state index is 12.7. The second-order valence-corrected chi connectivity index (χ2v) is 6.09. The molecule has 0 saturated heterocycles. The fourth-order valence-electron chi connectivity index (χ4n) is 2.60. The van der Waals surface area contributed by atoms with Crippen LogP contribution in [0.15, 0.2) is 42.5 Å². The van der Waals surface area contributed by atoms with E-state index >= 15 is 0 Å². The number of nitrogens with one attached hydrogen (secondary N) is 1. The molecule has 0 fully saturated rings. The molecule has 0 unspecified atom stereocenters. The molecule has 3 rings (SSSR count). The molecule has 2 amide bonds. The van der Waals surface area contributed by atoms with Crippen LogP contribution >= 0.6 is 11.6 Å². The molecule has 25 heavy (non-hydrogen) atoms. The van der Waals surface area contributed by atoms with E-state index in [2.05, 4.69) is 10.1 Å². The molecule has 6 nitrogen and oxygen atoms in total. The van der Waals surface area contributed by atoms with Crippen LogP contribution in [0.3, 0.4) is 0 Å². The Hall–Kier alpha value is -2.73. The van der Waals surface area contributed by atoms with Gasteiger partial charge in [0.25, 0.3) is 0 Å². The third-order valence-corrected chi connectivity index (χ3v) is 4.02. The lowest BCUT2D eigenvalue weighted by molar-refractivity contribution is 0.0600. The van der Waals surface area contributed by atoms with Crippen LogP contribution in [-0.4, -0.2) is 31.8 Å². The topological polar surface area (TPSA) is 67.9 Å². The summed E-state index contributed by atoms with van der Waals surface area (Å²) < 4.78 is 10.4. The maximum Gasteiger partial charge on any atom is 0.337 e. The van der Waals surface area contributed by atoms with Gasteiger partial charge in [0.15, 0.2) is 0 Å². The average Bonchev–Trinajstić information content (AvgIpc) is 2.61. The minimum absolute atomic E-state index is 0.138. The van der Waals surface area contributed by atoms with Crippen LogP contribution < -0.4 is 15.0 Å². The fourth-order valence-corrected chi connectivity index (χ4v) is 2.77. The molecule has 1 atom stereocenters. The minimum atomic E-state index is -0.427. The molecule has 0 radical (unpaired) electrons. The van der Waals surface area contributed by atoms with E-state index < -0.39 is 5.97 Å². The molecule has 130 valence electrons. The van der Waals surface area contributed by atoms with Gasteiger partial charge < -0.3 is 14.8 Å². The van der Waals surface area contributed by atoms with Crippen molar-refractivity contribution in [3.05, 3.63) is 53.1 Å². The lowest BCUT2D eigenvalue weighted by atomic mass is 10.2. The van der Waals surface area contributed by atoms with Crippen LogP contribution in [0.1, 0.15) is 17.3 Å². The van der Waals surface area contributed by atoms with Crippen LogP contribution in [0.25, 0.3) is 0 Å². The maximum atomic E-state index is 12.7. The first-order valence-electron chi connectivity index (χ1n) is 7.71. The number of amides is 2. The van der Waals surface area contributed by atoms with Gasteiger partial charge in [0.2, 0.25) is 0 Å². The van der Waals surface area contributed by atoms with Gasteiger partial charge in [-0.2, -0.15) is 0 Å². The van der Waals surface area contributed by atoms with Crippen molar-refractivity contribution in [2.45, 2.75) is 13.0 Å². The number of esters is 1. The van der Waals surface area contributed by atoms with Crippen LogP contribution in [0.4, 0.5) is 16.2 Å². The summed E-state index contributed by atoms with van der Waals surface area (Å²) in [7, 11) is 1.32. The van der Waals surface area contributed by atoms with Gasteiger partial charge in [0.05, 0.1) is 24.9 Å². The van der Waals surface area contributed by atoms with E-state index in [1.54, 1.807) is 47.4 Å². The number of hydrogen-bond donors (Lipinski definition) is 1. The van der Waals surface area contributed by atoms with Crippen molar-refractivity contribution in [1.29, 1.82) is 0 Å². The Balaban J connectivity index is 1.80. The summed E-state index contributed by atoms with van der Waals surface area (Å²) in [6.45, 7) is 2.29. The first kappa shape index (κ1) is 17.1. The Morgan fingerprint density at radius 2 is 1.96 bits per heavy atom. The molecule has 0 aromatic heterocycles. The van der Waals surface area contributed by atoms with E-state index in [4.69, 9.17) is 16.3 Å². The SMILES string of the molecule is COC(=O)c1ccc(NC(=O)N2C[C@H](C)Oc3ccc(Cl)cc32)cc1. The van der Waals surface area contributed by atoms with Crippen molar-refractivity contribution in [2.75, 3.05) is 23.9 Å². The highest BCUT2D eigenvalue weighted by atomic mass is 35.5. The summed E-state index contributed by atoms with van der Waals surface area (Å²) in [5.74, 6) is 0.183. The van der Waals surface area contributed by atoms with Crippen molar-refractivity contribution in [2.24, 2.45) is 0 Å². The van der Waals surface area contributed by atoms with Gasteiger partial charge in [-0.15, -0.1) is 0 Å². The zero-order chi connectivity index (χ0) is 18.0. The normalized spacial score (nSPS) is 15.8. The Labute approximate surface area is 150 Å². The number of hydrogen-bond acceptors (Lipinski definition) is 4. The third kappa shape index (κ3) is 3.69. The van der Waals surface area contributed by atoms with Gasteiger partial charge in [-0.05, 0) is 49.4 Å². The van der Waals surface area contributed by atoms with Gasteiger partial charge in [-0.25, -0.2) is 9.59 Å². The van der Waals surface area contributed by atoms with E-state index in [-0.39, 0.29) is 12.1 Å². The standard InChI is InChI=1S/C18H17ClN2O4/c1-11-10-21(15-9-13(19)5-8-16(15)25-11)18(23)20-14-6-3-12(4-7-14)17(22)24-2/h3-9,11H,10H2,1-2H3,(H,20,23)/t11-/m0/s1. The predicted molar refractivity (Wildman–Crippen MR) is 95.7 cm³/mol. The molecular formula is C18H17ClN2O4. The smallest absolute Gasteiger partial charge is 0.337 e. The summed E-state index contributed by atoms with van der Waals surface area (Å²) in [5.41, 5.74) is 1.60. The summed E-state index contributed by atoms with van der Waals surface area (Å²) in [5, 5.41) is 3.34. The summed E-state index contributed by atoms with van der Waals surface area (Å²) >= 11 is 6.05. The number of methoxy groups -OCH3 is 1. The van der Waals surface area contributed by atoms with E-state index in [1.165, 1.54) is 7.11 Å². The number of carbonyl (C=O) groups excluding carboxylic acids is 2. The average molecular weight is 361 g/mol. The minimum Gasteiger partial charge on any atom is -0.487 e. The van der Waals surface area contributed by atoms with Crippen LogP contribution in [-0.2, 0) is 4.74 Å². The second-order valence-electron chi connectivity index (χ2n) is 5.65. The Bertz CT molecular complexity index is 807. The second kappa shape index (κ2) is 7.03. The largest absolute Gasteiger partial charge is 0.487 e. The van der Waals surface area contributed by atoms with Crippen molar-refractivity contribution >= 4 is 35.0 Å². The zero-order valence-corrected chi connectivity index (χ0v) is 14.5. The number of ether oxygens (including phenoxy) is 2. The van der Waals surface area contributed by atoms with Gasteiger partial charge >= 0.3 is 12.0 Å². The van der Waals surface area contributed by atoms with Crippen LogP contribution in [0.5, 0.6) is 5.75 Å². The van der Waals surface area contributed by atoms with Gasteiger partial charge in [-0.1, -0.05) is 11.6 Å². The van der Waals surface area contributed by atoms with Gasteiger partial charge in [0.1, 0.15) is 11.9 Å². The molecule has 1 aliphatic heterocycles. The number of benzene rings is 2. The van der Waals surface area contributed by atoms with E-state index in [9.17, 15) is 9.59 Å². The van der Waals surface area contributed by atoms with Gasteiger partial charge in [0, 0.05) is 10.7 Å². The quantitative estimate of drug-likeness (QED) is 0.823. The molecule has 7 heteroatoms. The van der Waals surface area contributed by atoms with E-state index in [0.29, 0.717) is 34.3 Å². The first-order chi connectivity index (χ1) is 12.0. The summed E-state index contributed by atoms with van der Waals surface area (Å²) in [6, 6.07) is 11.3. The van der Waals surface area contributed by atoms with Gasteiger partial charge in [-0.3, -0.25) is 4.90 Å². The Morgan fingerprint density at radius 3 is 2.64 bits per heavy atom. The van der Waals surface area contributed by atoms with E-state index in [1.807, 2.05) is 6.92 Å². The molecule has 1 N–H and O–H groups in total. The summed E-state index contributed by atoms with van der Waals surface area (Å²) in [6.07, 6.45) is -0.138. The molecule has 1 aliphatic rings.